The highest BCUT2D eigenvalue weighted by Gasteiger charge is 2.20. The lowest BCUT2D eigenvalue weighted by Crippen LogP contribution is -2.13. The second-order valence-corrected chi connectivity index (χ2v) is 9.25. The van der Waals surface area contributed by atoms with Crippen LogP contribution in [0.15, 0.2) is 52.0 Å². The second kappa shape index (κ2) is 9.10. The minimum absolute atomic E-state index is 0.0361. The van der Waals surface area contributed by atoms with Crippen LogP contribution >= 0.6 is 0 Å². The van der Waals surface area contributed by atoms with Crippen LogP contribution in [0.2, 0.25) is 0 Å². The first-order valence-electron chi connectivity index (χ1n) is 10.5. The van der Waals surface area contributed by atoms with E-state index in [4.69, 9.17) is 9.26 Å². The van der Waals surface area contributed by atoms with Crippen LogP contribution in [0.3, 0.4) is 0 Å². The average Bonchev–Trinajstić information content (AvgIpc) is 3.11. The monoisotopic (exact) mass is 481 g/mol. The number of esters is 1. The maximum Gasteiger partial charge on any atom is 0.341 e. The highest BCUT2D eigenvalue weighted by Crippen LogP contribution is 2.30. The van der Waals surface area contributed by atoms with Crippen LogP contribution in [0, 0.1) is 20.8 Å². The van der Waals surface area contributed by atoms with Crippen molar-refractivity contribution in [3.8, 4) is 0 Å². The van der Waals surface area contributed by atoms with Gasteiger partial charge in [-0.05, 0) is 64.1 Å². The zero-order valence-corrected chi connectivity index (χ0v) is 19.9. The Morgan fingerprint density at radius 3 is 2.47 bits per heavy atom. The fourth-order valence-corrected chi connectivity index (χ4v) is 4.27. The molecule has 0 unspecified atom stereocenters. The number of carbonyl (C=O) groups is 1. The summed E-state index contributed by atoms with van der Waals surface area (Å²) in [7, 11) is -3.89. The van der Waals surface area contributed by atoms with Crippen LogP contribution in [0.5, 0.6) is 0 Å². The molecule has 0 fully saturated rings. The Morgan fingerprint density at radius 2 is 1.82 bits per heavy atom. The molecule has 34 heavy (non-hydrogen) atoms. The molecule has 0 bridgehead atoms. The molecule has 2 N–H and O–H groups in total. The number of pyridine rings is 2. The summed E-state index contributed by atoms with van der Waals surface area (Å²) < 4.78 is 38.1. The number of anilines is 3. The lowest BCUT2D eigenvalue weighted by Gasteiger charge is -2.14. The van der Waals surface area contributed by atoms with Gasteiger partial charge in [-0.25, -0.2) is 27.9 Å². The van der Waals surface area contributed by atoms with Crippen molar-refractivity contribution in [2.75, 3.05) is 16.6 Å². The van der Waals surface area contributed by atoms with Gasteiger partial charge in [-0.2, -0.15) is 0 Å². The molecular weight excluding hydrogens is 458 g/mol. The predicted molar refractivity (Wildman–Crippen MR) is 127 cm³/mol. The normalized spacial score (nSPS) is 11.4. The summed E-state index contributed by atoms with van der Waals surface area (Å²) in [5, 5.41) is 7.58. The molecule has 11 heteroatoms. The number of nitrogens with zero attached hydrogens (tertiary/aromatic N) is 3. The molecule has 10 nitrogen and oxygen atoms in total. The predicted octanol–water partition coefficient (Wildman–Crippen LogP) is 4.26. The molecule has 4 aromatic rings. The largest absolute Gasteiger partial charge is 0.462 e. The van der Waals surface area contributed by atoms with Gasteiger partial charge < -0.3 is 14.6 Å². The summed E-state index contributed by atoms with van der Waals surface area (Å²) in [4.78, 5) is 21.3. The minimum Gasteiger partial charge on any atom is -0.462 e. The fourth-order valence-electron chi connectivity index (χ4n) is 3.22. The average molecular weight is 482 g/mol. The highest BCUT2D eigenvalue weighted by atomic mass is 32.2. The van der Waals surface area contributed by atoms with E-state index >= 15 is 0 Å². The third-order valence-electron chi connectivity index (χ3n) is 5.18. The Bertz CT molecular complexity index is 1480. The zero-order valence-electron chi connectivity index (χ0n) is 19.0. The highest BCUT2D eigenvalue weighted by molar-refractivity contribution is 7.92. The van der Waals surface area contributed by atoms with Crippen LogP contribution in [-0.2, 0) is 14.8 Å². The Hall–Kier alpha value is -3.99. The van der Waals surface area contributed by atoms with Crippen molar-refractivity contribution in [3.05, 3.63) is 65.1 Å². The van der Waals surface area contributed by atoms with Crippen LogP contribution < -0.4 is 10.0 Å². The summed E-state index contributed by atoms with van der Waals surface area (Å²) >= 11 is 0. The number of nitrogens with one attached hydrogen (secondary N) is 2. The molecule has 0 atom stereocenters. The molecule has 0 aliphatic rings. The van der Waals surface area contributed by atoms with E-state index in [-0.39, 0.29) is 22.9 Å². The van der Waals surface area contributed by atoms with Crippen molar-refractivity contribution >= 4 is 44.3 Å². The van der Waals surface area contributed by atoms with E-state index in [1.165, 1.54) is 18.3 Å². The van der Waals surface area contributed by atoms with Crippen molar-refractivity contribution < 1.29 is 22.5 Å². The first kappa shape index (κ1) is 23.2. The number of carbonyl (C=O) groups excluding carboxylic acids is 1. The van der Waals surface area contributed by atoms with Gasteiger partial charge in [0.25, 0.3) is 10.0 Å². The summed E-state index contributed by atoms with van der Waals surface area (Å²) in [6.45, 7) is 7.22. The minimum atomic E-state index is -3.89. The number of sulfonamides is 1. The van der Waals surface area contributed by atoms with Crippen molar-refractivity contribution in [3.63, 3.8) is 0 Å². The number of aryl methyl sites for hydroxylation is 2. The second-order valence-electron chi connectivity index (χ2n) is 7.57. The third kappa shape index (κ3) is 4.55. The van der Waals surface area contributed by atoms with Gasteiger partial charge in [0.1, 0.15) is 5.56 Å². The van der Waals surface area contributed by atoms with Gasteiger partial charge in [-0.3, -0.25) is 0 Å². The third-order valence-corrected chi connectivity index (χ3v) is 6.53. The molecule has 0 saturated carbocycles. The number of aromatic nitrogens is 3. The van der Waals surface area contributed by atoms with Gasteiger partial charge in [0.05, 0.1) is 22.9 Å². The van der Waals surface area contributed by atoms with E-state index in [9.17, 15) is 13.2 Å². The number of hydrogen-bond acceptors (Lipinski definition) is 9. The SMILES string of the molecule is CCOC(=O)c1cnc2nc(C)ccc2c1Nc1ccc(S(=O)(=O)Nc2onc(C)c2C)cc1. The van der Waals surface area contributed by atoms with Crippen LogP contribution in [0.25, 0.3) is 11.0 Å². The van der Waals surface area contributed by atoms with E-state index in [0.29, 0.717) is 33.7 Å². The van der Waals surface area contributed by atoms with E-state index in [2.05, 4.69) is 25.2 Å². The fraction of sp³-hybridized carbons (Fsp3) is 0.217. The molecule has 0 saturated heterocycles. The van der Waals surface area contributed by atoms with E-state index in [1.54, 1.807) is 32.9 Å². The molecule has 1 aromatic carbocycles. The van der Waals surface area contributed by atoms with E-state index in [0.717, 1.165) is 5.69 Å². The van der Waals surface area contributed by atoms with Crippen molar-refractivity contribution in [1.82, 2.24) is 15.1 Å². The van der Waals surface area contributed by atoms with Crippen LogP contribution in [0.4, 0.5) is 17.3 Å². The maximum atomic E-state index is 12.8. The first-order valence-corrected chi connectivity index (χ1v) is 11.9. The van der Waals surface area contributed by atoms with Crippen molar-refractivity contribution in [2.45, 2.75) is 32.6 Å². The molecule has 0 aliphatic carbocycles. The maximum absolute atomic E-state index is 12.8. The van der Waals surface area contributed by atoms with E-state index < -0.39 is 16.0 Å². The first-order chi connectivity index (χ1) is 16.2. The Kier molecular flexibility index (Phi) is 6.20. The summed E-state index contributed by atoms with van der Waals surface area (Å²) in [5.74, 6) is -0.453. The lowest BCUT2D eigenvalue weighted by molar-refractivity contribution is 0.0527. The molecule has 3 heterocycles. The quantitative estimate of drug-likeness (QED) is 0.371. The summed E-state index contributed by atoms with van der Waals surface area (Å²) in [5.41, 5.74) is 3.74. The molecule has 0 amide bonds. The number of benzene rings is 1. The van der Waals surface area contributed by atoms with Crippen molar-refractivity contribution in [2.24, 2.45) is 0 Å². The molecule has 0 spiro atoms. The van der Waals surface area contributed by atoms with Gasteiger partial charge in [-0.1, -0.05) is 5.16 Å². The molecule has 176 valence electrons. The smallest absolute Gasteiger partial charge is 0.341 e. The summed E-state index contributed by atoms with van der Waals surface area (Å²) in [6, 6.07) is 9.71. The molecule has 3 aromatic heterocycles. The van der Waals surface area contributed by atoms with Crippen molar-refractivity contribution in [1.29, 1.82) is 0 Å². The van der Waals surface area contributed by atoms with Gasteiger partial charge in [0.15, 0.2) is 5.65 Å². The molecule has 4 rings (SSSR count). The number of hydrogen-bond donors (Lipinski definition) is 2. The molecule has 0 aliphatic heterocycles. The van der Waals surface area contributed by atoms with Gasteiger partial charge >= 0.3 is 5.97 Å². The molecular formula is C23H23N5O5S. The van der Waals surface area contributed by atoms with E-state index in [1.807, 2.05) is 19.1 Å². The number of fused-ring (bicyclic) bond motifs is 1. The topological polar surface area (TPSA) is 136 Å². The van der Waals surface area contributed by atoms with Crippen LogP contribution in [0.1, 0.15) is 34.2 Å². The zero-order chi connectivity index (χ0) is 24.5. The number of ether oxygens (including phenoxy) is 1. The lowest BCUT2D eigenvalue weighted by atomic mass is 10.1. The van der Waals surface area contributed by atoms with Crippen LogP contribution in [-0.4, -0.2) is 36.1 Å². The standard InChI is InChI=1S/C23H23N5O5S/c1-5-32-23(29)19-12-24-21-18(11-6-13(2)25-21)20(19)26-16-7-9-17(10-8-16)34(30,31)28-22-14(3)15(4)27-33-22/h6-12,28H,5H2,1-4H3,(H,24,25,26). The Morgan fingerprint density at radius 1 is 1.09 bits per heavy atom. The summed E-state index contributed by atoms with van der Waals surface area (Å²) in [6.07, 6.45) is 1.42. The Labute approximate surface area is 196 Å². The van der Waals surface area contributed by atoms with Gasteiger partial charge in [0, 0.05) is 28.5 Å². The number of rotatable bonds is 7. The Balaban J connectivity index is 1.66. The van der Waals surface area contributed by atoms with Gasteiger partial charge in [-0.15, -0.1) is 0 Å². The van der Waals surface area contributed by atoms with Gasteiger partial charge in [0.2, 0.25) is 5.88 Å². The molecule has 0 radical (unpaired) electrons.